The summed E-state index contributed by atoms with van der Waals surface area (Å²) in [5, 5.41) is 0. The minimum Gasteiger partial charge on any atom is -0.300 e. The maximum atomic E-state index is 2.40. The zero-order chi connectivity index (χ0) is 7.56. The van der Waals surface area contributed by atoms with Gasteiger partial charge in [0.1, 0.15) is 0 Å². The molecular weight excluding hydrogens is 122 g/mol. The first kappa shape index (κ1) is 7.80. The highest BCUT2D eigenvalue weighted by Gasteiger charge is 2.10. The molecule has 1 heterocycles. The summed E-state index contributed by atoms with van der Waals surface area (Å²) >= 11 is 0. The maximum absolute atomic E-state index is 2.40. The molecule has 1 atom stereocenters. The van der Waals surface area contributed by atoms with Crippen molar-refractivity contribution in [2.24, 2.45) is 0 Å². The van der Waals surface area contributed by atoms with Crippen molar-refractivity contribution < 1.29 is 0 Å². The lowest BCUT2D eigenvalue weighted by molar-refractivity contribution is 0.278. The molecule has 0 aliphatic carbocycles. The Morgan fingerprint density at radius 1 is 1.60 bits per heavy atom. The van der Waals surface area contributed by atoms with Crippen molar-refractivity contribution in [1.29, 1.82) is 0 Å². The minimum absolute atomic E-state index is 0.758. The summed E-state index contributed by atoms with van der Waals surface area (Å²) in [5.41, 5.74) is 1.55. The van der Waals surface area contributed by atoms with Gasteiger partial charge in [0.2, 0.25) is 0 Å². The van der Waals surface area contributed by atoms with E-state index in [1.807, 2.05) is 0 Å². The SMILES string of the molecule is CC1=CCN(C)[C@@H](C)CC1. The number of hydrogen-bond donors (Lipinski definition) is 0. The molecule has 1 heteroatoms. The van der Waals surface area contributed by atoms with E-state index in [4.69, 9.17) is 0 Å². The predicted octanol–water partition coefficient (Wildman–Crippen LogP) is 2.05. The molecule has 0 spiro atoms. The summed E-state index contributed by atoms with van der Waals surface area (Å²) in [6.45, 7) is 5.66. The van der Waals surface area contributed by atoms with Gasteiger partial charge in [0.15, 0.2) is 0 Å². The summed E-state index contributed by atoms with van der Waals surface area (Å²) in [6, 6.07) is 0.758. The number of likely N-dealkylation sites (N-methyl/N-ethyl adjacent to an activating group) is 1. The van der Waals surface area contributed by atoms with Crippen LogP contribution in [0.5, 0.6) is 0 Å². The van der Waals surface area contributed by atoms with Crippen LogP contribution in [0.2, 0.25) is 0 Å². The van der Waals surface area contributed by atoms with Crippen LogP contribution in [0.3, 0.4) is 0 Å². The molecule has 0 aromatic carbocycles. The lowest BCUT2D eigenvalue weighted by Crippen LogP contribution is -2.27. The average molecular weight is 139 g/mol. The Labute approximate surface area is 63.7 Å². The van der Waals surface area contributed by atoms with Crippen molar-refractivity contribution in [2.45, 2.75) is 32.7 Å². The van der Waals surface area contributed by atoms with Gasteiger partial charge in [0.05, 0.1) is 0 Å². The second kappa shape index (κ2) is 3.20. The minimum atomic E-state index is 0.758. The van der Waals surface area contributed by atoms with Gasteiger partial charge in [-0.2, -0.15) is 0 Å². The van der Waals surface area contributed by atoms with Gasteiger partial charge in [-0.15, -0.1) is 0 Å². The zero-order valence-electron chi connectivity index (χ0n) is 7.22. The van der Waals surface area contributed by atoms with E-state index in [0.29, 0.717) is 0 Å². The van der Waals surface area contributed by atoms with Crippen molar-refractivity contribution in [3.63, 3.8) is 0 Å². The second-order valence-corrected chi connectivity index (χ2v) is 3.38. The van der Waals surface area contributed by atoms with Crippen LogP contribution in [-0.2, 0) is 0 Å². The van der Waals surface area contributed by atoms with E-state index in [0.717, 1.165) is 12.6 Å². The van der Waals surface area contributed by atoms with Gasteiger partial charge in [-0.3, -0.25) is 0 Å². The van der Waals surface area contributed by atoms with Crippen LogP contribution in [0.25, 0.3) is 0 Å². The van der Waals surface area contributed by atoms with Gasteiger partial charge in [0.25, 0.3) is 0 Å². The fourth-order valence-electron chi connectivity index (χ4n) is 1.24. The molecule has 0 unspecified atom stereocenters. The molecule has 0 aromatic heterocycles. The third-order valence-corrected chi connectivity index (χ3v) is 2.44. The highest BCUT2D eigenvalue weighted by molar-refractivity contribution is 5.02. The molecule has 0 bridgehead atoms. The molecule has 0 fully saturated rings. The van der Waals surface area contributed by atoms with Crippen LogP contribution in [0.1, 0.15) is 26.7 Å². The Balaban J connectivity index is 2.52. The van der Waals surface area contributed by atoms with Crippen LogP contribution in [0, 0.1) is 0 Å². The molecule has 1 aliphatic heterocycles. The molecule has 0 aromatic rings. The van der Waals surface area contributed by atoms with Crippen LogP contribution in [-0.4, -0.2) is 24.5 Å². The highest BCUT2D eigenvalue weighted by Crippen LogP contribution is 2.14. The van der Waals surface area contributed by atoms with Gasteiger partial charge >= 0.3 is 0 Å². The van der Waals surface area contributed by atoms with E-state index < -0.39 is 0 Å². The van der Waals surface area contributed by atoms with Crippen molar-refractivity contribution in [3.05, 3.63) is 11.6 Å². The molecule has 10 heavy (non-hydrogen) atoms. The van der Waals surface area contributed by atoms with E-state index in [1.54, 1.807) is 5.57 Å². The fourth-order valence-corrected chi connectivity index (χ4v) is 1.24. The monoisotopic (exact) mass is 139 g/mol. The Hall–Kier alpha value is -0.300. The van der Waals surface area contributed by atoms with Gasteiger partial charge in [-0.1, -0.05) is 11.6 Å². The van der Waals surface area contributed by atoms with Crippen molar-refractivity contribution in [3.8, 4) is 0 Å². The molecule has 0 saturated carbocycles. The van der Waals surface area contributed by atoms with Gasteiger partial charge in [-0.05, 0) is 33.7 Å². The van der Waals surface area contributed by atoms with Crippen LogP contribution >= 0.6 is 0 Å². The molecule has 1 aliphatic rings. The Morgan fingerprint density at radius 3 is 3.00 bits per heavy atom. The number of hydrogen-bond acceptors (Lipinski definition) is 1. The van der Waals surface area contributed by atoms with Crippen LogP contribution in [0.4, 0.5) is 0 Å². The van der Waals surface area contributed by atoms with E-state index in [-0.39, 0.29) is 0 Å². The number of allylic oxidation sites excluding steroid dienone is 1. The van der Waals surface area contributed by atoms with Crippen molar-refractivity contribution in [2.75, 3.05) is 13.6 Å². The number of nitrogens with zero attached hydrogens (tertiary/aromatic N) is 1. The standard InChI is InChI=1S/C9H17N/c1-8-4-5-9(2)10(3)7-6-8/h6,9H,4-5,7H2,1-3H3/t9-/m0/s1. The Bertz CT molecular complexity index is 138. The topological polar surface area (TPSA) is 3.24 Å². The van der Waals surface area contributed by atoms with Crippen molar-refractivity contribution >= 4 is 0 Å². The van der Waals surface area contributed by atoms with Gasteiger partial charge in [-0.25, -0.2) is 0 Å². The lowest BCUT2D eigenvalue weighted by atomic mass is 10.1. The predicted molar refractivity (Wildman–Crippen MR) is 45.1 cm³/mol. The summed E-state index contributed by atoms with van der Waals surface area (Å²) in [4.78, 5) is 2.40. The third kappa shape index (κ3) is 1.84. The van der Waals surface area contributed by atoms with E-state index >= 15 is 0 Å². The van der Waals surface area contributed by atoms with Crippen LogP contribution < -0.4 is 0 Å². The fraction of sp³-hybridized carbons (Fsp3) is 0.778. The quantitative estimate of drug-likeness (QED) is 0.464. The molecule has 0 radical (unpaired) electrons. The van der Waals surface area contributed by atoms with Gasteiger partial charge < -0.3 is 4.90 Å². The molecule has 1 nitrogen and oxygen atoms in total. The van der Waals surface area contributed by atoms with E-state index in [2.05, 4.69) is 31.9 Å². The van der Waals surface area contributed by atoms with Gasteiger partial charge in [0, 0.05) is 12.6 Å². The molecule has 0 N–H and O–H groups in total. The largest absolute Gasteiger partial charge is 0.300 e. The summed E-state index contributed by atoms with van der Waals surface area (Å²) in [7, 11) is 2.19. The first-order valence-corrected chi connectivity index (χ1v) is 4.06. The number of rotatable bonds is 0. The first-order valence-electron chi connectivity index (χ1n) is 4.06. The molecule has 58 valence electrons. The zero-order valence-corrected chi connectivity index (χ0v) is 7.22. The third-order valence-electron chi connectivity index (χ3n) is 2.44. The molecule has 0 saturated heterocycles. The smallest absolute Gasteiger partial charge is 0.0165 e. The molecular formula is C9H17N. The average Bonchev–Trinajstić information content (AvgIpc) is 2.04. The molecule has 1 rings (SSSR count). The summed E-state index contributed by atoms with van der Waals surface area (Å²) in [5.74, 6) is 0. The van der Waals surface area contributed by atoms with E-state index in [1.165, 1.54) is 12.8 Å². The molecule has 0 amide bonds. The highest BCUT2D eigenvalue weighted by atomic mass is 15.1. The lowest BCUT2D eigenvalue weighted by Gasteiger charge is -2.20. The normalized spacial score (nSPS) is 29.5. The maximum Gasteiger partial charge on any atom is 0.0165 e. The Kier molecular flexibility index (Phi) is 2.50. The Morgan fingerprint density at radius 2 is 2.30 bits per heavy atom. The summed E-state index contributed by atoms with van der Waals surface area (Å²) < 4.78 is 0. The van der Waals surface area contributed by atoms with Crippen LogP contribution in [0.15, 0.2) is 11.6 Å². The second-order valence-electron chi connectivity index (χ2n) is 3.38. The first-order chi connectivity index (χ1) is 4.70. The summed E-state index contributed by atoms with van der Waals surface area (Å²) in [6.07, 6.45) is 4.94. The van der Waals surface area contributed by atoms with Crippen molar-refractivity contribution in [1.82, 2.24) is 4.90 Å². The van der Waals surface area contributed by atoms with E-state index in [9.17, 15) is 0 Å².